The van der Waals surface area contributed by atoms with Gasteiger partial charge < -0.3 is 0 Å². The fourth-order valence-electron chi connectivity index (χ4n) is 1.11. The van der Waals surface area contributed by atoms with Gasteiger partial charge in [0.2, 0.25) is 0 Å². The monoisotopic (exact) mass is 227 g/mol. The van der Waals surface area contributed by atoms with Crippen LogP contribution in [0.3, 0.4) is 0 Å². The zero-order valence-corrected chi connectivity index (χ0v) is 8.37. The van der Waals surface area contributed by atoms with E-state index in [4.69, 9.17) is 0 Å². The van der Waals surface area contributed by atoms with E-state index in [-0.39, 0.29) is 0 Å². The quantitative estimate of drug-likeness (QED) is 0.673. The molecule has 0 saturated carbocycles. The maximum atomic E-state index is 4.12. The lowest BCUT2D eigenvalue weighted by atomic mass is 10.2. The van der Waals surface area contributed by atoms with Gasteiger partial charge in [-0.25, -0.2) is 0 Å². The van der Waals surface area contributed by atoms with Gasteiger partial charge in [-0.3, -0.25) is 0 Å². The average Bonchev–Trinajstić information content (AvgIpc) is 2.34. The minimum atomic E-state index is 1.13. The normalized spacial score (nSPS) is 10.7. The van der Waals surface area contributed by atoms with Crippen molar-refractivity contribution in [2.45, 2.75) is 6.92 Å². The van der Waals surface area contributed by atoms with E-state index >= 15 is 0 Å². The van der Waals surface area contributed by atoms with Gasteiger partial charge >= 0.3 is 0 Å². The van der Waals surface area contributed by atoms with E-state index in [9.17, 15) is 0 Å². The topological polar surface area (TPSA) is 12.9 Å². The van der Waals surface area contributed by atoms with E-state index in [1.165, 1.54) is 15.6 Å². The Bertz CT molecular complexity index is 394. The summed E-state index contributed by atoms with van der Waals surface area (Å²) < 4.78 is 6.54. The molecule has 0 radical (unpaired) electrons. The second-order valence-corrected chi connectivity index (χ2v) is 4.18. The fourth-order valence-corrected chi connectivity index (χ4v) is 2.39. The number of halogens is 1. The molecule has 11 heavy (non-hydrogen) atoms. The maximum Gasteiger partial charge on any atom is 0.0579 e. The third kappa shape index (κ3) is 1.19. The van der Waals surface area contributed by atoms with Gasteiger partial charge in [0.05, 0.1) is 4.70 Å². The number of aryl methyl sites for hydroxylation is 1. The van der Waals surface area contributed by atoms with Crippen molar-refractivity contribution in [2.24, 2.45) is 0 Å². The predicted octanol–water partition coefficient (Wildman–Crippen LogP) is 3.37. The number of aromatic nitrogens is 1. The van der Waals surface area contributed by atoms with Gasteiger partial charge in [-0.1, -0.05) is 15.9 Å². The van der Waals surface area contributed by atoms with Crippen LogP contribution < -0.4 is 0 Å². The first-order chi connectivity index (χ1) is 5.27. The lowest BCUT2D eigenvalue weighted by Crippen LogP contribution is -1.71. The number of benzene rings is 1. The largest absolute Gasteiger partial charge is 0.200 e. The number of rotatable bonds is 0. The summed E-state index contributed by atoms with van der Waals surface area (Å²) in [4.78, 5) is 0. The Labute approximate surface area is 77.3 Å². The molecule has 0 aliphatic carbocycles. The lowest BCUT2D eigenvalue weighted by Gasteiger charge is -1.94. The Balaban J connectivity index is 2.91. The van der Waals surface area contributed by atoms with E-state index in [0.717, 1.165) is 4.47 Å². The van der Waals surface area contributed by atoms with Crippen molar-refractivity contribution >= 4 is 37.5 Å². The third-order valence-corrected chi connectivity index (χ3v) is 3.01. The van der Waals surface area contributed by atoms with Crippen LogP contribution in [0.15, 0.2) is 22.8 Å². The summed E-state index contributed by atoms with van der Waals surface area (Å²) in [5.74, 6) is 0. The Morgan fingerprint density at radius 3 is 3.09 bits per heavy atom. The highest BCUT2D eigenvalue weighted by Gasteiger charge is 2.00. The van der Waals surface area contributed by atoms with Crippen molar-refractivity contribution in [1.82, 2.24) is 4.37 Å². The molecule has 2 aromatic rings. The van der Waals surface area contributed by atoms with Crippen LogP contribution in [0.4, 0.5) is 0 Å². The Morgan fingerprint density at radius 1 is 1.45 bits per heavy atom. The van der Waals surface area contributed by atoms with E-state index in [0.29, 0.717) is 0 Å². The zero-order chi connectivity index (χ0) is 7.84. The van der Waals surface area contributed by atoms with Crippen LogP contribution in [0.1, 0.15) is 5.56 Å². The first kappa shape index (κ1) is 7.25. The maximum absolute atomic E-state index is 4.12. The third-order valence-electron chi connectivity index (χ3n) is 1.60. The minimum absolute atomic E-state index is 1.13. The predicted molar refractivity (Wildman–Crippen MR) is 52.1 cm³/mol. The van der Waals surface area contributed by atoms with Crippen molar-refractivity contribution in [1.29, 1.82) is 0 Å². The molecule has 56 valence electrons. The van der Waals surface area contributed by atoms with Crippen molar-refractivity contribution in [2.75, 3.05) is 0 Å². The van der Waals surface area contributed by atoms with Crippen molar-refractivity contribution < 1.29 is 0 Å². The lowest BCUT2D eigenvalue weighted by molar-refractivity contribution is 1.53. The number of hydrogen-bond acceptors (Lipinski definition) is 2. The molecule has 0 atom stereocenters. The van der Waals surface area contributed by atoms with E-state index in [1.807, 2.05) is 6.20 Å². The summed E-state index contributed by atoms with van der Waals surface area (Å²) in [6.45, 7) is 2.10. The molecule has 0 N–H and O–H groups in total. The van der Waals surface area contributed by atoms with Gasteiger partial charge in [0.15, 0.2) is 0 Å². The van der Waals surface area contributed by atoms with E-state index in [1.54, 1.807) is 11.5 Å². The Hall–Kier alpha value is -0.410. The molecule has 1 heterocycles. The highest BCUT2D eigenvalue weighted by molar-refractivity contribution is 9.10. The molecule has 0 unspecified atom stereocenters. The highest BCUT2D eigenvalue weighted by Crippen LogP contribution is 2.26. The van der Waals surface area contributed by atoms with Gasteiger partial charge in [0.25, 0.3) is 0 Å². The Kier molecular flexibility index (Phi) is 1.69. The molecule has 2 rings (SSSR count). The second kappa shape index (κ2) is 2.57. The molecule has 0 fully saturated rings. The van der Waals surface area contributed by atoms with Crippen molar-refractivity contribution in [3.05, 3.63) is 28.4 Å². The van der Waals surface area contributed by atoms with Crippen LogP contribution in [-0.4, -0.2) is 4.37 Å². The molecule has 1 aromatic carbocycles. The SMILES string of the molecule is Cc1cc(Br)cc2cnsc12. The van der Waals surface area contributed by atoms with Crippen molar-refractivity contribution in [3.63, 3.8) is 0 Å². The summed E-state index contributed by atoms with van der Waals surface area (Å²) >= 11 is 5.00. The smallest absolute Gasteiger partial charge is 0.0579 e. The van der Waals surface area contributed by atoms with Gasteiger partial charge in [-0.05, 0) is 36.2 Å². The first-order valence-corrected chi connectivity index (χ1v) is 4.84. The standard InChI is InChI=1S/C8H6BrNS/c1-5-2-7(9)3-6-4-10-11-8(5)6/h2-4H,1H3. The number of fused-ring (bicyclic) bond motifs is 1. The zero-order valence-electron chi connectivity index (χ0n) is 5.97. The molecule has 1 aromatic heterocycles. The molecular weight excluding hydrogens is 222 g/mol. The van der Waals surface area contributed by atoms with Gasteiger partial charge in [0.1, 0.15) is 0 Å². The number of nitrogens with zero attached hydrogens (tertiary/aromatic N) is 1. The van der Waals surface area contributed by atoms with Crippen molar-refractivity contribution in [3.8, 4) is 0 Å². The fraction of sp³-hybridized carbons (Fsp3) is 0.125. The summed E-state index contributed by atoms with van der Waals surface area (Å²) in [6.07, 6.45) is 1.90. The Morgan fingerprint density at radius 2 is 2.27 bits per heavy atom. The second-order valence-electron chi connectivity index (χ2n) is 2.47. The number of hydrogen-bond donors (Lipinski definition) is 0. The van der Waals surface area contributed by atoms with Crippen LogP contribution in [0.5, 0.6) is 0 Å². The van der Waals surface area contributed by atoms with Crippen LogP contribution in [0, 0.1) is 6.92 Å². The van der Waals surface area contributed by atoms with Gasteiger partial charge in [-0.2, -0.15) is 4.37 Å². The molecule has 0 aliphatic rings. The molecule has 0 aliphatic heterocycles. The van der Waals surface area contributed by atoms with Gasteiger partial charge in [-0.15, -0.1) is 0 Å². The van der Waals surface area contributed by atoms with Gasteiger partial charge in [0, 0.05) is 16.1 Å². The van der Waals surface area contributed by atoms with E-state index in [2.05, 4.69) is 39.4 Å². The molecule has 3 heteroatoms. The van der Waals surface area contributed by atoms with E-state index < -0.39 is 0 Å². The molecular formula is C8H6BrNS. The van der Waals surface area contributed by atoms with Crippen LogP contribution >= 0.6 is 27.5 Å². The molecule has 0 spiro atoms. The highest BCUT2D eigenvalue weighted by atomic mass is 79.9. The minimum Gasteiger partial charge on any atom is -0.200 e. The molecule has 0 amide bonds. The summed E-state index contributed by atoms with van der Waals surface area (Å²) in [5.41, 5.74) is 1.29. The average molecular weight is 228 g/mol. The summed E-state index contributed by atoms with van der Waals surface area (Å²) in [7, 11) is 0. The first-order valence-electron chi connectivity index (χ1n) is 3.28. The molecule has 0 bridgehead atoms. The molecule has 1 nitrogen and oxygen atoms in total. The summed E-state index contributed by atoms with van der Waals surface area (Å²) in [5, 5.41) is 1.22. The molecule has 0 saturated heterocycles. The van der Waals surface area contributed by atoms with Crippen LogP contribution in [0.25, 0.3) is 10.1 Å². The van der Waals surface area contributed by atoms with Crippen LogP contribution in [0.2, 0.25) is 0 Å². The van der Waals surface area contributed by atoms with Crippen LogP contribution in [-0.2, 0) is 0 Å². The summed E-state index contributed by atoms with van der Waals surface area (Å²) in [6, 6.07) is 4.20.